The third-order valence-electron chi connectivity index (χ3n) is 2.34. The molecule has 0 aliphatic rings. The number of hydrogen-bond acceptors (Lipinski definition) is 4. The van der Waals surface area contributed by atoms with E-state index in [9.17, 15) is 8.42 Å². The smallest absolute Gasteiger partial charge is 0.242 e. The van der Waals surface area contributed by atoms with Crippen LogP contribution in [0.5, 0.6) is 0 Å². The van der Waals surface area contributed by atoms with E-state index in [0.29, 0.717) is 13.1 Å². The summed E-state index contributed by atoms with van der Waals surface area (Å²) < 4.78 is 26.1. The van der Waals surface area contributed by atoms with Gasteiger partial charge in [0.1, 0.15) is 10.0 Å². The minimum absolute atomic E-state index is 0.126. The van der Waals surface area contributed by atoms with Crippen LogP contribution in [-0.2, 0) is 10.0 Å². The van der Waals surface area contributed by atoms with Crippen LogP contribution in [0.2, 0.25) is 5.15 Å². The van der Waals surface area contributed by atoms with E-state index >= 15 is 0 Å². The number of pyridine rings is 1. The monoisotopic (exact) mass is 277 g/mol. The fraction of sp³-hybridized carbons (Fsp3) is 0.500. The molecule has 0 bridgehead atoms. The predicted molar refractivity (Wildman–Crippen MR) is 67.6 cm³/mol. The Labute approximate surface area is 107 Å². The normalized spacial score (nSPS) is 12.0. The first-order valence-electron chi connectivity index (χ1n) is 5.25. The van der Waals surface area contributed by atoms with Crippen LogP contribution in [0.25, 0.3) is 0 Å². The molecule has 0 amide bonds. The maximum Gasteiger partial charge on any atom is 0.242 e. The van der Waals surface area contributed by atoms with E-state index in [1.54, 1.807) is 0 Å². The van der Waals surface area contributed by atoms with Crippen molar-refractivity contribution in [2.24, 2.45) is 0 Å². The first-order chi connectivity index (χ1) is 7.95. The second-order valence-corrected chi connectivity index (χ2v) is 5.76. The van der Waals surface area contributed by atoms with Gasteiger partial charge in [-0.05, 0) is 25.7 Å². The van der Waals surface area contributed by atoms with Crippen LogP contribution in [0, 0.1) is 0 Å². The maximum atomic E-state index is 11.8. The SMILES string of the molecule is CCN(C)CCNS(=O)(=O)c1ccc(Cl)nc1. The van der Waals surface area contributed by atoms with E-state index in [4.69, 9.17) is 11.6 Å². The molecule has 0 radical (unpaired) electrons. The van der Waals surface area contributed by atoms with E-state index in [1.807, 2.05) is 18.9 Å². The third-order valence-corrected chi connectivity index (χ3v) is 4.01. The lowest BCUT2D eigenvalue weighted by molar-refractivity contribution is 0.358. The van der Waals surface area contributed by atoms with Gasteiger partial charge in [0.2, 0.25) is 10.0 Å². The Balaban J connectivity index is 2.60. The van der Waals surface area contributed by atoms with Gasteiger partial charge in [-0.2, -0.15) is 0 Å². The molecule has 17 heavy (non-hydrogen) atoms. The number of hydrogen-bond donors (Lipinski definition) is 1. The molecular formula is C10H16ClN3O2S. The molecule has 0 spiro atoms. The van der Waals surface area contributed by atoms with Crippen molar-refractivity contribution in [1.29, 1.82) is 0 Å². The Morgan fingerprint density at radius 3 is 2.71 bits per heavy atom. The molecule has 0 aliphatic carbocycles. The Morgan fingerprint density at radius 2 is 2.18 bits per heavy atom. The summed E-state index contributed by atoms with van der Waals surface area (Å²) in [6.45, 7) is 3.92. The highest BCUT2D eigenvalue weighted by Crippen LogP contribution is 2.10. The zero-order valence-corrected chi connectivity index (χ0v) is 11.4. The van der Waals surface area contributed by atoms with Crippen LogP contribution in [0.4, 0.5) is 0 Å². The molecule has 0 aromatic carbocycles. The van der Waals surface area contributed by atoms with Gasteiger partial charge in [0.25, 0.3) is 0 Å². The van der Waals surface area contributed by atoms with Gasteiger partial charge in [-0.3, -0.25) is 0 Å². The quantitative estimate of drug-likeness (QED) is 0.787. The van der Waals surface area contributed by atoms with E-state index in [2.05, 4.69) is 9.71 Å². The lowest BCUT2D eigenvalue weighted by Crippen LogP contribution is -2.32. The van der Waals surface area contributed by atoms with E-state index in [-0.39, 0.29) is 10.0 Å². The molecule has 1 heterocycles. The second kappa shape index (κ2) is 6.30. The van der Waals surface area contributed by atoms with Gasteiger partial charge in [-0.1, -0.05) is 18.5 Å². The van der Waals surface area contributed by atoms with Gasteiger partial charge in [0.05, 0.1) is 0 Å². The van der Waals surface area contributed by atoms with Crippen molar-refractivity contribution in [1.82, 2.24) is 14.6 Å². The third kappa shape index (κ3) is 4.59. The van der Waals surface area contributed by atoms with E-state index in [1.165, 1.54) is 18.3 Å². The molecule has 0 atom stereocenters. The summed E-state index contributed by atoms with van der Waals surface area (Å²) in [5.41, 5.74) is 0. The topological polar surface area (TPSA) is 62.3 Å². The molecule has 0 aliphatic heterocycles. The first-order valence-corrected chi connectivity index (χ1v) is 7.11. The van der Waals surface area contributed by atoms with Gasteiger partial charge < -0.3 is 4.90 Å². The van der Waals surface area contributed by atoms with E-state index < -0.39 is 10.0 Å². The van der Waals surface area contributed by atoms with Crippen LogP contribution < -0.4 is 4.72 Å². The number of aromatic nitrogens is 1. The van der Waals surface area contributed by atoms with Crippen molar-refractivity contribution in [2.75, 3.05) is 26.7 Å². The standard InChI is InChI=1S/C10H16ClN3O2S/c1-3-14(2)7-6-13-17(15,16)9-4-5-10(11)12-8-9/h4-5,8,13H,3,6-7H2,1-2H3. The Morgan fingerprint density at radius 1 is 1.47 bits per heavy atom. The lowest BCUT2D eigenvalue weighted by atomic mass is 10.5. The van der Waals surface area contributed by atoms with Crippen LogP contribution in [0.1, 0.15) is 6.92 Å². The fourth-order valence-corrected chi connectivity index (χ4v) is 2.21. The Hall–Kier alpha value is -0.690. The number of halogens is 1. The number of likely N-dealkylation sites (N-methyl/N-ethyl adjacent to an activating group) is 1. The number of nitrogens with one attached hydrogen (secondary N) is 1. The molecule has 96 valence electrons. The zero-order valence-electron chi connectivity index (χ0n) is 9.85. The minimum Gasteiger partial charge on any atom is -0.305 e. The van der Waals surface area contributed by atoms with Gasteiger partial charge in [-0.25, -0.2) is 18.1 Å². The van der Waals surface area contributed by atoms with Crippen LogP contribution in [0.15, 0.2) is 23.2 Å². The van der Waals surface area contributed by atoms with Gasteiger partial charge >= 0.3 is 0 Å². The predicted octanol–water partition coefficient (Wildman–Crippen LogP) is 0.965. The van der Waals surface area contributed by atoms with Crippen LogP contribution >= 0.6 is 11.6 Å². The molecule has 1 rings (SSSR count). The van der Waals surface area contributed by atoms with Crippen molar-refractivity contribution in [3.05, 3.63) is 23.5 Å². The summed E-state index contributed by atoms with van der Waals surface area (Å²) >= 11 is 5.59. The van der Waals surface area contributed by atoms with Crippen LogP contribution in [-0.4, -0.2) is 45.0 Å². The van der Waals surface area contributed by atoms with Crippen molar-refractivity contribution < 1.29 is 8.42 Å². The lowest BCUT2D eigenvalue weighted by Gasteiger charge is -2.14. The second-order valence-electron chi connectivity index (χ2n) is 3.61. The summed E-state index contributed by atoms with van der Waals surface area (Å²) in [4.78, 5) is 5.88. The molecule has 5 nitrogen and oxygen atoms in total. The number of rotatable bonds is 6. The van der Waals surface area contributed by atoms with Gasteiger partial charge in [0.15, 0.2) is 0 Å². The Bertz CT molecular complexity index is 447. The zero-order chi connectivity index (χ0) is 12.9. The molecule has 7 heteroatoms. The van der Waals surface area contributed by atoms with Gasteiger partial charge in [0, 0.05) is 19.3 Å². The number of sulfonamides is 1. The molecule has 0 saturated carbocycles. The summed E-state index contributed by atoms with van der Waals surface area (Å²) in [7, 11) is -1.55. The number of nitrogens with zero attached hydrogens (tertiary/aromatic N) is 2. The summed E-state index contributed by atoms with van der Waals surface area (Å²) in [6.07, 6.45) is 1.24. The molecule has 1 aromatic rings. The van der Waals surface area contributed by atoms with Gasteiger partial charge in [-0.15, -0.1) is 0 Å². The first kappa shape index (κ1) is 14.4. The molecule has 0 saturated heterocycles. The van der Waals surface area contributed by atoms with Crippen molar-refractivity contribution >= 4 is 21.6 Å². The highest BCUT2D eigenvalue weighted by molar-refractivity contribution is 7.89. The summed E-state index contributed by atoms with van der Waals surface area (Å²) in [6, 6.07) is 2.88. The largest absolute Gasteiger partial charge is 0.305 e. The average molecular weight is 278 g/mol. The highest BCUT2D eigenvalue weighted by atomic mass is 35.5. The average Bonchev–Trinajstić information content (AvgIpc) is 2.29. The van der Waals surface area contributed by atoms with Crippen molar-refractivity contribution in [2.45, 2.75) is 11.8 Å². The molecule has 1 N–H and O–H groups in total. The molecule has 1 aromatic heterocycles. The summed E-state index contributed by atoms with van der Waals surface area (Å²) in [5.74, 6) is 0. The molecular weight excluding hydrogens is 262 g/mol. The highest BCUT2D eigenvalue weighted by Gasteiger charge is 2.13. The fourth-order valence-electron chi connectivity index (χ4n) is 1.13. The maximum absolute atomic E-state index is 11.8. The van der Waals surface area contributed by atoms with Crippen LogP contribution in [0.3, 0.4) is 0 Å². The minimum atomic E-state index is -3.48. The van der Waals surface area contributed by atoms with E-state index in [0.717, 1.165) is 6.54 Å². The van der Waals surface area contributed by atoms with Crippen molar-refractivity contribution in [3.8, 4) is 0 Å². The van der Waals surface area contributed by atoms with Crippen molar-refractivity contribution in [3.63, 3.8) is 0 Å². The Kier molecular flexibility index (Phi) is 5.32. The molecule has 0 fully saturated rings. The summed E-state index contributed by atoms with van der Waals surface area (Å²) in [5, 5.41) is 0.273. The molecule has 0 unspecified atom stereocenters.